The lowest BCUT2D eigenvalue weighted by atomic mass is 9.77. The summed E-state index contributed by atoms with van der Waals surface area (Å²) in [6.45, 7) is 1.40. The number of halogens is 1. The molecule has 2 fully saturated rings. The number of rotatable bonds is 6. The molecule has 2 saturated heterocycles. The minimum Gasteiger partial charge on any atom is -0.361 e. The quantitative estimate of drug-likeness (QED) is 0.552. The van der Waals surface area contributed by atoms with E-state index < -0.39 is 17.4 Å². The van der Waals surface area contributed by atoms with E-state index in [9.17, 15) is 9.59 Å². The number of hydrogen-bond donors (Lipinski definition) is 2. The van der Waals surface area contributed by atoms with Gasteiger partial charge >= 0.3 is 0 Å². The third kappa shape index (κ3) is 3.28. The largest absolute Gasteiger partial charge is 0.361 e. The standard InChI is InChI=1S/C26H24ClN3O3/c27-19-7-3-1-5-17(19)14-29-24(31)22-21-9-11-26(33-21)15-30(25(32)23(22)26)12-10-16-13-28-20-8-4-2-6-18(16)20/h1-9,11,13,21-23,28H,10,12,14-15H2,(H,29,31)/t21-,22?,23?,26?/m1/s1. The number of carbonyl (C=O) groups excluding carboxylic acids is 2. The average Bonchev–Trinajstić information content (AvgIpc) is 3.57. The topological polar surface area (TPSA) is 74.4 Å². The minimum atomic E-state index is -0.700. The summed E-state index contributed by atoms with van der Waals surface area (Å²) < 4.78 is 6.23. The zero-order chi connectivity index (χ0) is 22.6. The first kappa shape index (κ1) is 20.5. The second kappa shape index (κ2) is 7.75. The Labute approximate surface area is 196 Å². The van der Waals surface area contributed by atoms with Gasteiger partial charge in [-0.25, -0.2) is 0 Å². The van der Waals surface area contributed by atoms with E-state index in [-0.39, 0.29) is 17.9 Å². The second-order valence-electron chi connectivity index (χ2n) is 9.08. The number of fused-ring (bicyclic) bond motifs is 2. The molecule has 2 bridgehead atoms. The highest BCUT2D eigenvalue weighted by atomic mass is 35.5. The number of para-hydroxylation sites is 1. The Morgan fingerprint density at radius 2 is 2.00 bits per heavy atom. The maximum absolute atomic E-state index is 13.4. The Kier molecular flexibility index (Phi) is 4.82. The van der Waals surface area contributed by atoms with Gasteiger partial charge in [-0.05, 0) is 29.7 Å². The first-order valence-corrected chi connectivity index (χ1v) is 11.7. The Hall–Kier alpha value is -3.09. The lowest BCUT2D eigenvalue weighted by Crippen LogP contribution is -2.44. The van der Waals surface area contributed by atoms with Crippen molar-refractivity contribution in [2.24, 2.45) is 11.8 Å². The summed E-state index contributed by atoms with van der Waals surface area (Å²) in [4.78, 5) is 31.7. The number of nitrogens with zero attached hydrogens (tertiary/aromatic N) is 1. The molecule has 4 atom stereocenters. The van der Waals surface area contributed by atoms with Crippen molar-refractivity contribution in [2.45, 2.75) is 24.7 Å². The van der Waals surface area contributed by atoms with Gasteiger partial charge in [-0.2, -0.15) is 0 Å². The first-order chi connectivity index (χ1) is 16.1. The van der Waals surface area contributed by atoms with Crippen molar-refractivity contribution in [1.82, 2.24) is 15.2 Å². The average molecular weight is 462 g/mol. The van der Waals surface area contributed by atoms with E-state index in [1.165, 1.54) is 10.9 Å². The number of aromatic amines is 1. The fourth-order valence-electron chi connectivity index (χ4n) is 5.60. The molecule has 1 aromatic heterocycles. The molecule has 4 heterocycles. The number of aromatic nitrogens is 1. The molecular weight excluding hydrogens is 438 g/mol. The van der Waals surface area contributed by atoms with Crippen molar-refractivity contribution in [3.8, 4) is 0 Å². The molecule has 33 heavy (non-hydrogen) atoms. The number of likely N-dealkylation sites (tertiary alicyclic amines) is 1. The maximum Gasteiger partial charge on any atom is 0.230 e. The highest BCUT2D eigenvalue weighted by molar-refractivity contribution is 6.31. The van der Waals surface area contributed by atoms with E-state index in [0.717, 1.165) is 17.5 Å². The molecule has 3 aromatic rings. The van der Waals surface area contributed by atoms with Gasteiger partial charge in [0.15, 0.2) is 0 Å². The van der Waals surface area contributed by atoms with Crippen LogP contribution in [0.4, 0.5) is 0 Å². The molecule has 7 heteroatoms. The van der Waals surface area contributed by atoms with Crippen molar-refractivity contribution in [3.05, 3.63) is 83.0 Å². The number of amides is 2. The van der Waals surface area contributed by atoms with Crippen LogP contribution in [-0.4, -0.2) is 46.5 Å². The van der Waals surface area contributed by atoms with Gasteiger partial charge < -0.3 is 19.9 Å². The lowest BCUT2D eigenvalue weighted by Gasteiger charge is -2.23. The predicted molar refractivity (Wildman–Crippen MR) is 126 cm³/mol. The van der Waals surface area contributed by atoms with Gasteiger partial charge in [0.25, 0.3) is 0 Å². The summed E-state index contributed by atoms with van der Waals surface area (Å²) in [5.41, 5.74) is 2.42. The molecule has 6 nitrogen and oxygen atoms in total. The molecular formula is C26H24ClN3O3. The van der Waals surface area contributed by atoms with Crippen LogP contribution in [0.25, 0.3) is 10.9 Å². The van der Waals surface area contributed by atoms with Gasteiger partial charge in [-0.3, -0.25) is 9.59 Å². The molecule has 0 radical (unpaired) electrons. The fourth-order valence-corrected chi connectivity index (χ4v) is 5.81. The van der Waals surface area contributed by atoms with E-state index in [1.807, 2.05) is 59.6 Å². The Bertz CT molecular complexity index is 1280. The van der Waals surface area contributed by atoms with E-state index in [2.05, 4.69) is 16.4 Å². The van der Waals surface area contributed by atoms with Gasteiger partial charge in [0.1, 0.15) is 5.60 Å². The van der Waals surface area contributed by atoms with E-state index >= 15 is 0 Å². The highest BCUT2D eigenvalue weighted by Crippen LogP contribution is 2.51. The molecule has 2 amide bonds. The Morgan fingerprint density at radius 1 is 1.18 bits per heavy atom. The number of H-pyrrole nitrogens is 1. The first-order valence-electron chi connectivity index (χ1n) is 11.3. The summed E-state index contributed by atoms with van der Waals surface area (Å²) >= 11 is 6.22. The molecule has 6 rings (SSSR count). The molecule has 2 aromatic carbocycles. The molecule has 3 aliphatic rings. The molecule has 1 spiro atoms. The van der Waals surface area contributed by atoms with Gasteiger partial charge in [0.05, 0.1) is 24.5 Å². The summed E-state index contributed by atoms with van der Waals surface area (Å²) in [5, 5.41) is 4.76. The van der Waals surface area contributed by atoms with Crippen molar-refractivity contribution >= 4 is 34.3 Å². The van der Waals surface area contributed by atoms with Crippen LogP contribution in [0, 0.1) is 11.8 Å². The predicted octanol–water partition coefficient (Wildman–Crippen LogP) is 3.46. The third-order valence-corrected chi connectivity index (χ3v) is 7.59. The van der Waals surface area contributed by atoms with Crippen molar-refractivity contribution in [3.63, 3.8) is 0 Å². The third-order valence-electron chi connectivity index (χ3n) is 7.22. The fraction of sp³-hybridized carbons (Fsp3) is 0.308. The molecule has 3 aliphatic heterocycles. The Balaban J connectivity index is 1.17. The van der Waals surface area contributed by atoms with Crippen LogP contribution in [0.1, 0.15) is 11.1 Å². The zero-order valence-electron chi connectivity index (χ0n) is 18.0. The summed E-state index contributed by atoms with van der Waals surface area (Å²) in [6, 6.07) is 15.6. The minimum absolute atomic E-state index is 0.000384. The van der Waals surface area contributed by atoms with Gasteiger partial charge in [-0.15, -0.1) is 0 Å². The van der Waals surface area contributed by atoms with E-state index in [0.29, 0.717) is 24.7 Å². The number of benzene rings is 2. The molecule has 3 unspecified atom stereocenters. The van der Waals surface area contributed by atoms with Crippen molar-refractivity contribution < 1.29 is 14.3 Å². The normalized spacial score (nSPS) is 27.5. The lowest BCUT2D eigenvalue weighted by molar-refractivity contribution is -0.137. The van der Waals surface area contributed by atoms with Gasteiger partial charge in [0.2, 0.25) is 11.8 Å². The number of ether oxygens (including phenoxy) is 1. The number of carbonyl (C=O) groups is 2. The monoisotopic (exact) mass is 461 g/mol. The van der Waals surface area contributed by atoms with Crippen molar-refractivity contribution in [1.29, 1.82) is 0 Å². The summed E-state index contributed by atoms with van der Waals surface area (Å²) in [6.07, 6.45) is 6.32. The van der Waals surface area contributed by atoms with E-state index in [1.54, 1.807) is 6.07 Å². The maximum atomic E-state index is 13.4. The summed E-state index contributed by atoms with van der Waals surface area (Å²) in [5.74, 6) is -1.17. The van der Waals surface area contributed by atoms with Crippen LogP contribution in [-0.2, 0) is 27.3 Å². The van der Waals surface area contributed by atoms with Crippen LogP contribution >= 0.6 is 11.6 Å². The van der Waals surface area contributed by atoms with Crippen molar-refractivity contribution in [2.75, 3.05) is 13.1 Å². The van der Waals surface area contributed by atoms with Gasteiger partial charge in [-0.1, -0.05) is 60.2 Å². The smallest absolute Gasteiger partial charge is 0.230 e. The highest BCUT2D eigenvalue weighted by Gasteiger charge is 2.66. The second-order valence-corrected chi connectivity index (χ2v) is 9.49. The molecule has 0 aliphatic carbocycles. The van der Waals surface area contributed by atoms with Crippen LogP contribution in [0.2, 0.25) is 5.02 Å². The van der Waals surface area contributed by atoms with Crippen LogP contribution in [0.15, 0.2) is 66.9 Å². The van der Waals surface area contributed by atoms with Crippen LogP contribution in [0.3, 0.4) is 0 Å². The SMILES string of the molecule is O=C(NCc1ccccc1Cl)C1C2C(=O)N(CCc3c[nH]c4ccccc34)CC23C=C[C@H]1O3. The number of hydrogen-bond acceptors (Lipinski definition) is 3. The molecule has 168 valence electrons. The van der Waals surface area contributed by atoms with E-state index in [4.69, 9.17) is 16.3 Å². The summed E-state index contributed by atoms with van der Waals surface area (Å²) in [7, 11) is 0. The molecule has 2 N–H and O–H groups in total. The van der Waals surface area contributed by atoms with Gasteiger partial charge in [0, 0.05) is 35.2 Å². The van der Waals surface area contributed by atoms with Crippen LogP contribution in [0.5, 0.6) is 0 Å². The number of nitrogens with one attached hydrogen (secondary N) is 2. The Morgan fingerprint density at radius 3 is 2.88 bits per heavy atom. The molecule has 0 saturated carbocycles. The zero-order valence-corrected chi connectivity index (χ0v) is 18.7. The van der Waals surface area contributed by atoms with Crippen LogP contribution < -0.4 is 5.32 Å².